The van der Waals surface area contributed by atoms with Crippen molar-refractivity contribution in [1.29, 1.82) is 0 Å². The van der Waals surface area contributed by atoms with E-state index in [4.69, 9.17) is 0 Å². The Morgan fingerprint density at radius 3 is 0.630 bits per heavy atom. The van der Waals surface area contributed by atoms with Gasteiger partial charge >= 0.3 is 0 Å². The second kappa shape index (κ2) is 17.7. The molecule has 10 rings (SSSR count). The molecule has 0 radical (unpaired) electrons. The van der Waals surface area contributed by atoms with Crippen molar-refractivity contribution in [3.05, 3.63) is 0 Å². The molecule has 10 aliphatic rings. The highest BCUT2D eigenvalue weighted by molar-refractivity contribution is 5.05. The lowest BCUT2D eigenvalue weighted by atomic mass is 9.45. The monoisotopic (exact) mass is 739 g/mol. The smallest absolute Gasteiger partial charge is 0.0323 e. The summed E-state index contributed by atoms with van der Waals surface area (Å²) in [6.45, 7) is 0. The van der Waals surface area contributed by atoms with Crippen molar-refractivity contribution in [2.45, 2.75) is 231 Å². The minimum Gasteiger partial charge on any atom is -0.0533 e. The molecule has 8 unspecified atom stereocenters. The van der Waals surface area contributed by atoms with E-state index in [2.05, 4.69) is 0 Å². The highest BCUT2D eigenvalue weighted by atomic mass is 14.6. The van der Waals surface area contributed by atoms with Crippen molar-refractivity contribution in [2.24, 2.45) is 107 Å². The molecule has 0 nitrogen and oxygen atoms in total. The van der Waals surface area contributed by atoms with Gasteiger partial charge in [-0.05, 0) is 184 Å². The van der Waals surface area contributed by atoms with E-state index in [1.165, 1.54) is 0 Å². The third-order valence-corrected chi connectivity index (χ3v) is 21.7. The van der Waals surface area contributed by atoms with Crippen molar-refractivity contribution in [1.82, 2.24) is 0 Å². The van der Waals surface area contributed by atoms with E-state index in [0.29, 0.717) is 0 Å². The average molecular weight is 739 g/mol. The van der Waals surface area contributed by atoms with E-state index in [1.54, 1.807) is 231 Å². The topological polar surface area (TPSA) is 0 Å². The Morgan fingerprint density at radius 2 is 0.389 bits per heavy atom. The lowest BCUT2D eigenvalue weighted by Gasteiger charge is -2.60. The molecule has 10 aliphatic carbocycles. The molecule has 0 aromatic heterocycles. The van der Waals surface area contributed by atoms with Crippen LogP contribution in [-0.4, -0.2) is 0 Å². The van der Waals surface area contributed by atoms with Crippen LogP contribution in [0.4, 0.5) is 0 Å². The molecule has 0 saturated heterocycles. The molecule has 10 saturated carbocycles. The summed E-state index contributed by atoms with van der Waals surface area (Å²) in [5, 5.41) is 0. The first-order valence-electron chi connectivity index (χ1n) is 26.8. The molecule has 306 valence electrons. The van der Waals surface area contributed by atoms with Crippen LogP contribution < -0.4 is 0 Å². The molecule has 54 heavy (non-hydrogen) atoms. The predicted octanol–water partition coefficient (Wildman–Crippen LogP) is 16.3. The molecule has 0 aromatic rings. The van der Waals surface area contributed by atoms with Gasteiger partial charge in [0.05, 0.1) is 0 Å². The first-order valence-corrected chi connectivity index (χ1v) is 26.8. The van der Waals surface area contributed by atoms with Crippen LogP contribution in [0.15, 0.2) is 0 Å². The maximum atomic E-state index is 1.64. The summed E-state index contributed by atoms with van der Waals surface area (Å²) in [6, 6.07) is 0. The Bertz CT molecular complexity index is 1000. The van der Waals surface area contributed by atoms with E-state index in [9.17, 15) is 0 Å². The van der Waals surface area contributed by atoms with Gasteiger partial charge in [0.15, 0.2) is 0 Å². The third-order valence-electron chi connectivity index (χ3n) is 21.7. The summed E-state index contributed by atoms with van der Waals surface area (Å²) >= 11 is 0. The van der Waals surface area contributed by atoms with Crippen molar-refractivity contribution in [2.75, 3.05) is 0 Å². The van der Waals surface area contributed by atoms with Crippen LogP contribution in [-0.2, 0) is 0 Å². The molecular weight excluding hydrogens is 649 g/mol. The quantitative estimate of drug-likeness (QED) is 0.244. The zero-order valence-corrected chi connectivity index (χ0v) is 35.8. The minimum absolute atomic E-state index is 1.09. The number of fused-ring (bicyclic) bond motifs is 4. The summed E-state index contributed by atoms with van der Waals surface area (Å²) in [6.07, 6.45) is 57.7. The summed E-state index contributed by atoms with van der Waals surface area (Å²) in [5.41, 5.74) is 0. The second-order valence-electron chi connectivity index (χ2n) is 23.7. The lowest BCUT2D eigenvalue weighted by molar-refractivity contribution is -0.114. The Balaban J connectivity index is 0.737. The van der Waals surface area contributed by atoms with Crippen LogP contribution in [0.3, 0.4) is 0 Å². The fourth-order valence-corrected chi connectivity index (χ4v) is 19.9. The van der Waals surface area contributed by atoms with E-state index in [0.717, 1.165) is 107 Å². The van der Waals surface area contributed by atoms with Crippen LogP contribution in [0.5, 0.6) is 0 Å². The number of rotatable bonds is 7. The van der Waals surface area contributed by atoms with Crippen LogP contribution >= 0.6 is 0 Å². The first-order chi connectivity index (χ1) is 26.8. The maximum absolute atomic E-state index is 1.64. The zero-order chi connectivity index (χ0) is 35.8. The van der Waals surface area contributed by atoms with E-state index >= 15 is 0 Å². The molecule has 0 bridgehead atoms. The third kappa shape index (κ3) is 7.65. The largest absolute Gasteiger partial charge is 0.0533 e. The van der Waals surface area contributed by atoms with Gasteiger partial charge in [-0.15, -0.1) is 0 Å². The lowest BCUT2D eigenvalue weighted by Crippen LogP contribution is -2.53. The molecule has 0 aliphatic heterocycles. The molecule has 0 heterocycles. The highest BCUT2D eigenvalue weighted by Crippen LogP contribution is 2.64. The van der Waals surface area contributed by atoms with Gasteiger partial charge in [0.2, 0.25) is 0 Å². The summed E-state index contributed by atoms with van der Waals surface area (Å²) in [5.74, 6) is 20.3. The molecule has 0 aromatic carbocycles. The van der Waals surface area contributed by atoms with E-state index in [-0.39, 0.29) is 0 Å². The van der Waals surface area contributed by atoms with Crippen LogP contribution in [0.2, 0.25) is 0 Å². The average Bonchev–Trinajstić information content (AvgIpc) is 3.25. The van der Waals surface area contributed by atoms with Gasteiger partial charge in [0.25, 0.3) is 0 Å². The molecule has 0 N–H and O–H groups in total. The predicted molar refractivity (Wildman–Crippen MR) is 229 cm³/mol. The minimum atomic E-state index is 1.09. The van der Waals surface area contributed by atoms with Crippen LogP contribution in [0.1, 0.15) is 231 Å². The molecular formula is C54H90. The zero-order valence-electron chi connectivity index (χ0n) is 35.8. The Morgan fingerprint density at radius 1 is 0.185 bits per heavy atom. The van der Waals surface area contributed by atoms with Crippen LogP contribution in [0.25, 0.3) is 0 Å². The number of hydrogen-bond acceptors (Lipinski definition) is 0. The van der Waals surface area contributed by atoms with Crippen molar-refractivity contribution >= 4 is 0 Å². The molecule has 10 fully saturated rings. The van der Waals surface area contributed by atoms with Gasteiger partial charge in [-0.25, -0.2) is 0 Å². The Hall–Kier alpha value is 0. The Kier molecular flexibility index (Phi) is 12.5. The number of hydrogen-bond donors (Lipinski definition) is 0. The fraction of sp³-hybridized carbons (Fsp3) is 1.00. The van der Waals surface area contributed by atoms with E-state index < -0.39 is 0 Å². The summed E-state index contributed by atoms with van der Waals surface area (Å²) in [4.78, 5) is 0. The highest BCUT2D eigenvalue weighted by Gasteiger charge is 2.56. The summed E-state index contributed by atoms with van der Waals surface area (Å²) in [7, 11) is 0. The van der Waals surface area contributed by atoms with Crippen LogP contribution in [0, 0.1) is 107 Å². The van der Waals surface area contributed by atoms with Gasteiger partial charge in [-0.2, -0.15) is 0 Å². The normalized spacial score (nSPS) is 49.6. The van der Waals surface area contributed by atoms with Gasteiger partial charge in [0.1, 0.15) is 0 Å². The SMILES string of the molecule is C1CCC(C2C3CCCCC3C(C3CCC(CCC4CCC(C5C6CCCCC6C(C6CCCCC6)C6CCCCC65)CC4)CC3)C3CCCCC32)CC1. The molecule has 0 spiro atoms. The van der Waals surface area contributed by atoms with E-state index in [1.807, 2.05) is 0 Å². The second-order valence-corrected chi connectivity index (χ2v) is 23.7. The standard InChI is InChI=1S/C54H90/c1-3-15-39(16-4-1)51-43-19-7-11-23-47(43)53(48-24-12-8-20-44(48)51)41-33-29-37(30-34-41)27-28-38-31-35-42(36-32-38)54-49-25-13-9-21-45(49)52(40-17-5-2-6-18-40)46-22-10-14-26-50(46)54/h37-54H,1-36H2. The fourth-order valence-electron chi connectivity index (χ4n) is 19.9. The van der Waals surface area contributed by atoms with Gasteiger partial charge < -0.3 is 0 Å². The van der Waals surface area contributed by atoms with Crippen molar-refractivity contribution in [3.8, 4) is 0 Å². The summed E-state index contributed by atoms with van der Waals surface area (Å²) < 4.78 is 0. The maximum Gasteiger partial charge on any atom is -0.0323 e. The molecule has 0 amide bonds. The van der Waals surface area contributed by atoms with Crippen molar-refractivity contribution < 1.29 is 0 Å². The first kappa shape index (κ1) is 38.2. The Labute approximate surface area is 336 Å². The van der Waals surface area contributed by atoms with Gasteiger partial charge in [-0.3, -0.25) is 0 Å². The van der Waals surface area contributed by atoms with Crippen molar-refractivity contribution in [3.63, 3.8) is 0 Å². The molecule has 8 atom stereocenters. The van der Waals surface area contributed by atoms with Gasteiger partial charge in [0, 0.05) is 0 Å². The molecule has 0 heteroatoms. The van der Waals surface area contributed by atoms with Gasteiger partial charge in [-0.1, -0.05) is 154 Å².